The maximum atomic E-state index is 12.1. The number of nitrogens with zero attached hydrogens (tertiary/aromatic N) is 2. The van der Waals surface area contributed by atoms with Crippen LogP contribution in [0.2, 0.25) is 0 Å². The van der Waals surface area contributed by atoms with E-state index in [9.17, 15) is 4.79 Å². The fourth-order valence-corrected chi connectivity index (χ4v) is 2.79. The van der Waals surface area contributed by atoms with E-state index in [4.69, 9.17) is 9.26 Å². The Bertz CT molecular complexity index is 932. The van der Waals surface area contributed by atoms with Gasteiger partial charge < -0.3 is 14.6 Å². The molecule has 146 valence electrons. The molecular weight excluding hydrogens is 354 g/mol. The van der Waals surface area contributed by atoms with Gasteiger partial charge in [0.2, 0.25) is 11.7 Å². The zero-order valence-electron chi connectivity index (χ0n) is 16.5. The zero-order valence-corrected chi connectivity index (χ0v) is 16.5. The number of benzene rings is 2. The van der Waals surface area contributed by atoms with Crippen molar-refractivity contribution in [2.45, 2.75) is 40.0 Å². The van der Waals surface area contributed by atoms with Crippen LogP contribution in [0.4, 0.5) is 5.69 Å². The van der Waals surface area contributed by atoms with Crippen molar-refractivity contribution >= 4 is 11.6 Å². The van der Waals surface area contributed by atoms with Crippen molar-refractivity contribution in [2.75, 3.05) is 11.9 Å². The molecule has 3 aromatic rings. The number of aromatic nitrogens is 2. The van der Waals surface area contributed by atoms with Crippen LogP contribution in [0.15, 0.2) is 47.0 Å². The van der Waals surface area contributed by atoms with Crippen molar-refractivity contribution in [1.82, 2.24) is 10.1 Å². The molecular formula is C22H25N3O3. The third-order valence-corrected chi connectivity index (χ3v) is 4.35. The number of unbranched alkanes of at least 4 members (excludes halogenated alkanes) is 1. The second kappa shape index (κ2) is 9.17. The van der Waals surface area contributed by atoms with Crippen molar-refractivity contribution in [3.8, 4) is 17.1 Å². The zero-order chi connectivity index (χ0) is 19.9. The van der Waals surface area contributed by atoms with E-state index in [1.54, 1.807) is 12.1 Å². The van der Waals surface area contributed by atoms with E-state index >= 15 is 0 Å². The first-order valence-corrected chi connectivity index (χ1v) is 9.48. The smallest absolute Gasteiger partial charge is 0.262 e. The van der Waals surface area contributed by atoms with E-state index in [1.165, 1.54) is 0 Å². The quantitative estimate of drug-likeness (QED) is 0.613. The van der Waals surface area contributed by atoms with E-state index in [-0.39, 0.29) is 12.5 Å². The summed E-state index contributed by atoms with van der Waals surface area (Å²) in [5.74, 6) is 1.62. The van der Waals surface area contributed by atoms with Crippen molar-refractivity contribution in [3.63, 3.8) is 0 Å². The minimum Gasteiger partial charge on any atom is -0.484 e. The van der Waals surface area contributed by atoms with Crippen LogP contribution in [-0.2, 0) is 11.2 Å². The number of amides is 1. The van der Waals surface area contributed by atoms with Crippen LogP contribution < -0.4 is 10.1 Å². The van der Waals surface area contributed by atoms with Crippen LogP contribution in [-0.4, -0.2) is 22.7 Å². The summed E-state index contributed by atoms with van der Waals surface area (Å²) >= 11 is 0. The SMILES string of the molecule is CCCCc1nc(-c2ccc(OCC(=O)Nc3ccc(C)cc3C)cc2)no1. The van der Waals surface area contributed by atoms with Gasteiger partial charge in [-0.25, -0.2) is 0 Å². The summed E-state index contributed by atoms with van der Waals surface area (Å²) in [5, 5.41) is 6.88. The Morgan fingerprint density at radius 2 is 1.93 bits per heavy atom. The molecule has 0 saturated heterocycles. The number of hydrogen-bond donors (Lipinski definition) is 1. The average Bonchev–Trinajstić information content (AvgIpc) is 3.16. The molecule has 0 radical (unpaired) electrons. The molecule has 0 aliphatic rings. The van der Waals surface area contributed by atoms with E-state index < -0.39 is 0 Å². The van der Waals surface area contributed by atoms with Gasteiger partial charge >= 0.3 is 0 Å². The van der Waals surface area contributed by atoms with Gasteiger partial charge in [-0.3, -0.25) is 4.79 Å². The number of rotatable bonds is 8. The van der Waals surface area contributed by atoms with Crippen LogP contribution in [0.25, 0.3) is 11.4 Å². The fraction of sp³-hybridized carbons (Fsp3) is 0.318. The molecule has 0 aliphatic heterocycles. The Morgan fingerprint density at radius 1 is 1.14 bits per heavy atom. The number of hydrogen-bond acceptors (Lipinski definition) is 5. The van der Waals surface area contributed by atoms with Gasteiger partial charge in [0.15, 0.2) is 6.61 Å². The molecule has 0 bridgehead atoms. The largest absolute Gasteiger partial charge is 0.484 e. The topological polar surface area (TPSA) is 77.2 Å². The Morgan fingerprint density at radius 3 is 2.64 bits per heavy atom. The minimum absolute atomic E-state index is 0.0595. The number of carbonyl (C=O) groups excluding carboxylic acids is 1. The van der Waals surface area contributed by atoms with Crippen molar-refractivity contribution in [1.29, 1.82) is 0 Å². The molecule has 3 rings (SSSR count). The van der Waals surface area contributed by atoms with Crippen LogP contribution in [0.3, 0.4) is 0 Å². The van der Waals surface area contributed by atoms with E-state index in [0.717, 1.165) is 41.6 Å². The van der Waals surface area contributed by atoms with Crippen LogP contribution in [0, 0.1) is 13.8 Å². The molecule has 1 aromatic heterocycles. The summed E-state index contributed by atoms with van der Waals surface area (Å²) in [5.41, 5.74) is 3.83. The van der Waals surface area contributed by atoms with Crippen molar-refractivity contribution < 1.29 is 14.1 Å². The lowest BCUT2D eigenvalue weighted by atomic mass is 10.1. The molecule has 6 heteroatoms. The molecule has 0 saturated carbocycles. The Hall–Kier alpha value is -3.15. The molecule has 0 fully saturated rings. The summed E-state index contributed by atoms with van der Waals surface area (Å²) < 4.78 is 10.8. The first kappa shape index (κ1) is 19.6. The standard InChI is InChI=1S/C22H25N3O3/c1-4-5-6-21-24-22(25-28-21)17-8-10-18(11-9-17)27-14-20(26)23-19-12-7-15(2)13-16(19)3/h7-13H,4-6,14H2,1-3H3,(H,23,26). The third-order valence-electron chi connectivity index (χ3n) is 4.35. The number of anilines is 1. The van der Waals surface area contributed by atoms with Gasteiger partial charge in [0.25, 0.3) is 5.91 Å². The minimum atomic E-state index is -0.199. The van der Waals surface area contributed by atoms with Gasteiger partial charge in [0.05, 0.1) is 0 Å². The molecule has 1 heterocycles. The highest BCUT2D eigenvalue weighted by Gasteiger charge is 2.09. The van der Waals surface area contributed by atoms with Gasteiger partial charge in [-0.1, -0.05) is 36.2 Å². The normalized spacial score (nSPS) is 10.7. The van der Waals surface area contributed by atoms with Gasteiger partial charge in [-0.2, -0.15) is 4.98 Å². The molecule has 0 spiro atoms. The average molecular weight is 379 g/mol. The summed E-state index contributed by atoms with van der Waals surface area (Å²) in [4.78, 5) is 16.5. The second-order valence-electron chi connectivity index (χ2n) is 6.79. The predicted molar refractivity (Wildman–Crippen MR) is 108 cm³/mol. The number of nitrogens with one attached hydrogen (secondary N) is 1. The molecule has 28 heavy (non-hydrogen) atoms. The number of ether oxygens (including phenoxy) is 1. The lowest BCUT2D eigenvalue weighted by molar-refractivity contribution is -0.118. The number of aryl methyl sites for hydroxylation is 3. The number of carbonyl (C=O) groups is 1. The maximum absolute atomic E-state index is 12.1. The summed E-state index contributed by atoms with van der Waals surface area (Å²) in [7, 11) is 0. The Labute approximate surface area is 164 Å². The molecule has 6 nitrogen and oxygen atoms in total. The van der Waals surface area contributed by atoms with Crippen LogP contribution >= 0.6 is 0 Å². The van der Waals surface area contributed by atoms with Crippen molar-refractivity contribution in [2.24, 2.45) is 0 Å². The van der Waals surface area contributed by atoms with Crippen LogP contribution in [0.1, 0.15) is 36.8 Å². The highest BCUT2D eigenvalue weighted by Crippen LogP contribution is 2.21. The van der Waals surface area contributed by atoms with Gasteiger partial charge in [0, 0.05) is 17.7 Å². The maximum Gasteiger partial charge on any atom is 0.262 e. The van der Waals surface area contributed by atoms with E-state index in [2.05, 4.69) is 22.4 Å². The van der Waals surface area contributed by atoms with Crippen molar-refractivity contribution in [3.05, 3.63) is 59.5 Å². The molecule has 0 unspecified atom stereocenters. The van der Waals surface area contributed by atoms with Gasteiger partial charge in [0.1, 0.15) is 5.75 Å². The van der Waals surface area contributed by atoms with E-state index in [1.807, 2.05) is 44.2 Å². The van der Waals surface area contributed by atoms with Gasteiger partial charge in [-0.05, 0) is 56.2 Å². The summed E-state index contributed by atoms with van der Waals surface area (Å²) in [6.07, 6.45) is 2.90. The first-order valence-electron chi connectivity index (χ1n) is 9.48. The molecule has 0 aliphatic carbocycles. The van der Waals surface area contributed by atoms with Crippen LogP contribution in [0.5, 0.6) is 5.75 Å². The monoisotopic (exact) mass is 379 g/mol. The fourth-order valence-electron chi connectivity index (χ4n) is 2.79. The lowest BCUT2D eigenvalue weighted by Gasteiger charge is -2.10. The summed E-state index contributed by atoms with van der Waals surface area (Å²) in [6, 6.07) is 13.2. The summed E-state index contributed by atoms with van der Waals surface area (Å²) in [6.45, 7) is 6.05. The highest BCUT2D eigenvalue weighted by molar-refractivity contribution is 5.92. The Kier molecular flexibility index (Phi) is 6.42. The highest BCUT2D eigenvalue weighted by atomic mass is 16.5. The molecule has 1 amide bonds. The predicted octanol–water partition coefficient (Wildman–Crippen LogP) is 4.71. The van der Waals surface area contributed by atoms with E-state index in [0.29, 0.717) is 17.5 Å². The second-order valence-corrected chi connectivity index (χ2v) is 6.79. The Balaban J connectivity index is 1.54. The molecule has 0 atom stereocenters. The lowest BCUT2D eigenvalue weighted by Crippen LogP contribution is -2.20. The first-order chi connectivity index (χ1) is 13.5. The molecule has 1 N–H and O–H groups in total. The molecule has 2 aromatic carbocycles. The van der Waals surface area contributed by atoms with Gasteiger partial charge in [-0.15, -0.1) is 0 Å². The third kappa shape index (κ3) is 5.19.